The first-order valence-corrected chi connectivity index (χ1v) is 7.98. The number of nitrogens with zero attached hydrogens (tertiary/aromatic N) is 2. The van der Waals surface area contributed by atoms with Crippen LogP contribution >= 0.6 is 11.3 Å². The molecular weight excluding hydrogens is 287 g/mol. The van der Waals surface area contributed by atoms with Crippen LogP contribution in [-0.4, -0.2) is 22.4 Å². The SMILES string of the molecule is FC(F)(F)C1CCCCC1c1nnc(CNC2CC2)s1. The molecule has 1 aromatic heterocycles. The standard InChI is InChI=1S/C13H18F3N3S/c14-13(15,16)10-4-2-1-3-9(10)12-19-18-11(20-12)7-17-8-5-6-8/h8-10,17H,1-7H2. The second kappa shape index (κ2) is 5.60. The largest absolute Gasteiger partial charge is 0.392 e. The van der Waals surface area contributed by atoms with Crippen LogP contribution in [-0.2, 0) is 6.54 Å². The van der Waals surface area contributed by atoms with Gasteiger partial charge in [-0.05, 0) is 25.7 Å². The molecule has 1 N–H and O–H groups in total. The number of alkyl halides is 3. The number of hydrogen-bond acceptors (Lipinski definition) is 4. The molecule has 3 rings (SSSR count). The van der Waals surface area contributed by atoms with Crippen molar-refractivity contribution in [2.75, 3.05) is 0 Å². The van der Waals surface area contributed by atoms with Crippen LogP contribution in [0.15, 0.2) is 0 Å². The molecule has 2 fully saturated rings. The van der Waals surface area contributed by atoms with E-state index in [1.54, 1.807) is 0 Å². The minimum atomic E-state index is -4.12. The molecule has 2 atom stereocenters. The van der Waals surface area contributed by atoms with Gasteiger partial charge in [-0.1, -0.05) is 24.2 Å². The van der Waals surface area contributed by atoms with Gasteiger partial charge in [0.05, 0.1) is 5.92 Å². The Hall–Kier alpha value is -0.690. The predicted octanol–water partition coefficient (Wildman–Crippen LogP) is 3.63. The molecule has 0 saturated heterocycles. The summed E-state index contributed by atoms with van der Waals surface area (Å²) in [6.45, 7) is 0.631. The van der Waals surface area contributed by atoms with E-state index in [0.717, 1.165) is 11.4 Å². The monoisotopic (exact) mass is 305 g/mol. The topological polar surface area (TPSA) is 37.8 Å². The second-order valence-electron chi connectivity index (χ2n) is 5.73. The first-order valence-electron chi connectivity index (χ1n) is 7.16. The lowest BCUT2D eigenvalue weighted by atomic mass is 9.79. The third-order valence-electron chi connectivity index (χ3n) is 4.11. The minimum absolute atomic E-state index is 0.226. The van der Waals surface area contributed by atoms with Gasteiger partial charge in [0.1, 0.15) is 10.0 Å². The molecule has 1 heterocycles. The van der Waals surface area contributed by atoms with Gasteiger partial charge >= 0.3 is 6.18 Å². The van der Waals surface area contributed by atoms with Crippen LogP contribution in [0.4, 0.5) is 13.2 Å². The van der Waals surface area contributed by atoms with Gasteiger partial charge in [0, 0.05) is 18.5 Å². The number of halogens is 3. The maximum absolute atomic E-state index is 13.1. The van der Waals surface area contributed by atoms with Crippen molar-refractivity contribution in [2.24, 2.45) is 5.92 Å². The molecule has 2 aliphatic carbocycles. The Morgan fingerprint density at radius 3 is 2.55 bits per heavy atom. The van der Waals surface area contributed by atoms with Crippen LogP contribution in [0.2, 0.25) is 0 Å². The van der Waals surface area contributed by atoms with E-state index in [4.69, 9.17) is 0 Å². The average molecular weight is 305 g/mol. The third-order valence-corrected chi connectivity index (χ3v) is 5.16. The van der Waals surface area contributed by atoms with Crippen molar-refractivity contribution in [1.29, 1.82) is 0 Å². The van der Waals surface area contributed by atoms with Gasteiger partial charge in [-0.15, -0.1) is 10.2 Å². The van der Waals surface area contributed by atoms with Gasteiger partial charge in [0.15, 0.2) is 0 Å². The summed E-state index contributed by atoms with van der Waals surface area (Å²) in [5, 5.41) is 12.8. The first-order chi connectivity index (χ1) is 9.54. The molecule has 2 saturated carbocycles. The highest BCUT2D eigenvalue weighted by Gasteiger charge is 2.47. The quantitative estimate of drug-likeness (QED) is 0.923. The van der Waals surface area contributed by atoms with Gasteiger partial charge in [-0.2, -0.15) is 13.2 Å². The van der Waals surface area contributed by atoms with Gasteiger partial charge in [-0.25, -0.2) is 0 Å². The molecule has 0 radical (unpaired) electrons. The first kappa shape index (κ1) is 14.3. The van der Waals surface area contributed by atoms with E-state index in [1.807, 2.05) is 0 Å². The van der Waals surface area contributed by atoms with E-state index in [-0.39, 0.29) is 6.42 Å². The summed E-state index contributed by atoms with van der Waals surface area (Å²) >= 11 is 1.34. The fourth-order valence-electron chi connectivity index (χ4n) is 2.83. The number of hydrogen-bond donors (Lipinski definition) is 1. The summed E-state index contributed by atoms with van der Waals surface area (Å²) in [7, 11) is 0. The van der Waals surface area contributed by atoms with Crippen molar-refractivity contribution in [2.45, 2.75) is 63.2 Å². The normalized spacial score (nSPS) is 27.8. The van der Waals surface area contributed by atoms with Crippen LogP contribution in [0.3, 0.4) is 0 Å². The summed E-state index contributed by atoms with van der Waals surface area (Å²) in [6.07, 6.45) is 0.568. The molecular formula is C13H18F3N3S. The Kier molecular flexibility index (Phi) is 3.99. The fourth-order valence-corrected chi connectivity index (χ4v) is 3.82. The highest BCUT2D eigenvalue weighted by atomic mass is 32.1. The van der Waals surface area contributed by atoms with Crippen molar-refractivity contribution >= 4 is 11.3 Å². The zero-order valence-electron chi connectivity index (χ0n) is 11.1. The zero-order valence-corrected chi connectivity index (χ0v) is 11.9. The van der Waals surface area contributed by atoms with E-state index in [9.17, 15) is 13.2 Å². The summed E-state index contributed by atoms with van der Waals surface area (Å²) in [6, 6.07) is 0.569. The Balaban J connectivity index is 1.69. The molecule has 0 aliphatic heterocycles. The molecule has 112 valence electrons. The van der Waals surface area contributed by atoms with Crippen molar-refractivity contribution in [1.82, 2.24) is 15.5 Å². The van der Waals surface area contributed by atoms with E-state index in [2.05, 4.69) is 15.5 Å². The Labute approximate surface area is 120 Å². The highest BCUT2D eigenvalue weighted by molar-refractivity contribution is 7.11. The van der Waals surface area contributed by atoms with E-state index in [1.165, 1.54) is 24.2 Å². The van der Waals surface area contributed by atoms with Crippen LogP contribution < -0.4 is 5.32 Å². The number of rotatable bonds is 4. The molecule has 1 aromatic rings. The highest BCUT2D eigenvalue weighted by Crippen LogP contribution is 2.46. The lowest BCUT2D eigenvalue weighted by molar-refractivity contribution is -0.187. The van der Waals surface area contributed by atoms with Crippen LogP contribution in [0.5, 0.6) is 0 Å². The molecule has 0 bridgehead atoms. The summed E-state index contributed by atoms with van der Waals surface area (Å²) in [5.74, 6) is -1.73. The summed E-state index contributed by atoms with van der Waals surface area (Å²) < 4.78 is 39.3. The van der Waals surface area contributed by atoms with Crippen molar-refractivity contribution in [3.05, 3.63) is 10.0 Å². The molecule has 7 heteroatoms. The Morgan fingerprint density at radius 2 is 1.85 bits per heavy atom. The molecule has 3 nitrogen and oxygen atoms in total. The molecule has 0 spiro atoms. The van der Waals surface area contributed by atoms with Crippen molar-refractivity contribution < 1.29 is 13.2 Å². The smallest absolute Gasteiger partial charge is 0.308 e. The van der Waals surface area contributed by atoms with Gasteiger partial charge in [0.25, 0.3) is 0 Å². The molecule has 2 unspecified atom stereocenters. The van der Waals surface area contributed by atoms with E-state index >= 15 is 0 Å². The van der Waals surface area contributed by atoms with Crippen molar-refractivity contribution in [3.63, 3.8) is 0 Å². The summed E-state index contributed by atoms with van der Waals surface area (Å²) in [5.41, 5.74) is 0. The maximum Gasteiger partial charge on any atom is 0.392 e. The third kappa shape index (κ3) is 3.31. The van der Waals surface area contributed by atoms with Gasteiger partial charge < -0.3 is 5.32 Å². The minimum Gasteiger partial charge on any atom is -0.308 e. The predicted molar refractivity (Wildman–Crippen MR) is 70.5 cm³/mol. The lowest BCUT2D eigenvalue weighted by Crippen LogP contribution is -2.31. The van der Waals surface area contributed by atoms with Gasteiger partial charge in [0.2, 0.25) is 0 Å². The van der Waals surface area contributed by atoms with Crippen molar-refractivity contribution in [3.8, 4) is 0 Å². The van der Waals surface area contributed by atoms with E-state index in [0.29, 0.717) is 30.4 Å². The van der Waals surface area contributed by atoms with Gasteiger partial charge in [-0.3, -0.25) is 0 Å². The molecule has 0 amide bonds. The maximum atomic E-state index is 13.1. The number of aromatic nitrogens is 2. The van der Waals surface area contributed by atoms with Crippen LogP contribution in [0.1, 0.15) is 54.5 Å². The Bertz CT molecular complexity index is 456. The average Bonchev–Trinajstić information content (AvgIpc) is 3.12. The fraction of sp³-hybridized carbons (Fsp3) is 0.846. The second-order valence-corrected chi connectivity index (χ2v) is 6.82. The zero-order chi connectivity index (χ0) is 14.2. The molecule has 0 aromatic carbocycles. The summed E-state index contributed by atoms with van der Waals surface area (Å²) in [4.78, 5) is 0. The Morgan fingerprint density at radius 1 is 1.10 bits per heavy atom. The van der Waals surface area contributed by atoms with E-state index < -0.39 is 18.0 Å². The lowest BCUT2D eigenvalue weighted by Gasteiger charge is -2.31. The number of nitrogens with one attached hydrogen (secondary N) is 1. The molecule has 2 aliphatic rings. The van der Waals surface area contributed by atoms with Crippen LogP contribution in [0, 0.1) is 5.92 Å². The molecule has 20 heavy (non-hydrogen) atoms. The van der Waals surface area contributed by atoms with Crippen LogP contribution in [0.25, 0.3) is 0 Å².